The van der Waals surface area contributed by atoms with Crippen LogP contribution in [0.5, 0.6) is 0 Å². The van der Waals surface area contributed by atoms with E-state index in [-0.39, 0.29) is 0 Å². The van der Waals surface area contributed by atoms with Crippen molar-refractivity contribution >= 4 is 38.5 Å². The fourth-order valence-electron chi connectivity index (χ4n) is 1.98. The third-order valence-corrected chi connectivity index (χ3v) is 4.70. The number of hydrogen-bond donors (Lipinski definition) is 0. The summed E-state index contributed by atoms with van der Waals surface area (Å²) >= 11 is 5.37. The molecule has 2 aromatic carbocycles. The van der Waals surface area contributed by atoms with E-state index in [2.05, 4.69) is 63.4 Å². The summed E-state index contributed by atoms with van der Waals surface area (Å²) in [6, 6.07) is 18.8. The third-order valence-electron chi connectivity index (χ3n) is 2.93. The Labute approximate surface area is 125 Å². The van der Waals surface area contributed by atoms with Crippen molar-refractivity contribution in [3.63, 3.8) is 0 Å². The van der Waals surface area contributed by atoms with Crippen LogP contribution in [0.25, 0.3) is 10.8 Å². The highest BCUT2D eigenvalue weighted by Gasteiger charge is 2.05. The molecule has 0 N–H and O–H groups in total. The summed E-state index contributed by atoms with van der Waals surface area (Å²) in [5, 5.41) is 3.51. The Morgan fingerprint density at radius 1 is 0.895 bits per heavy atom. The van der Waals surface area contributed by atoms with Crippen molar-refractivity contribution in [3.8, 4) is 0 Å². The van der Waals surface area contributed by atoms with Crippen molar-refractivity contribution in [2.24, 2.45) is 0 Å². The van der Waals surface area contributed by atoms with Gasteiger partial charge >= 0.3 is 0 Å². The van der Waals surface area contributed by atoms with Crippen LogP contribution in [0.1, 0.15) is 5.56 Å². The van der Waals surface area contributed by atoms with Crippen LogP contribution in [-0.2, 0) is 5.75 Å². The maximum Gasteiger partial charge on any atom is 0.104 e. The van der Waals surface area contributed by atoms with E-state index < -0.39 is 0 Å². The normalized spacial score (nSPS) is 10.8. The van der Waals surface area contributed by atoms with Crippen LogP contribution >= 0.6 is 27.7 Å². The van der Waals surface area contributed by atoms with Gasteiger partial charge in [0, 0.05) is 27.2 Å². The molecule has 3 heteroatoms. The smallest absolute Gasteiger partial charge is 0.104 e. The Morgan fingerprint density at radius 2 is 1.74 bits per heavy atom. The molecule has 0 spiro atoms. The zero-order chi connectivity index (χ0) is 13.1. The van der Waals surface area contributed by atoms with Gasteiger partial charge in [-0.3, -0.25) is 0 Å². The summed E-state index contributed by atoms with van der Waals surface area (Å²) in [5.74, 6) is 0.944. The summed E-state index contributed by atoms with van der Waals surface area (Å²) in [4.78, 5) is 4.51. The monoisotopic (exact) mass is 329 g/mol. The lowest BCUT2D eigenvalue weighted by Crippen LogP contribution is -1.85. The molecule has 0 aliphatic heterocycles. The lowest BCUT2D eigenvalue weighted by Gasteiger charge is -2.06. The van der Waals surface area contributed by atoms with E-state index in [9.17, 15) is 0 Å². The van der Waals surface area contributed by atoms with Crippen molar-refractivity contribution in [1.29, 1.82) is 0 Å². The molecule has 0 atom stereocenters. The molecule has 94 valence electrons. The van der Waals surface area contributed by atoms with Gasteiger partial charge in [0.05, 0.1) is 0 Å². The van der Waals surface area contributed by atoms with Gasteiger partial charge in [0.25, 0.3) is 0 Å². The first-order chi connectivity index (χ1) is 9.34. The molecule has 1 aromatic heterocycles. The summed E-state index contributed by atoms with van der Waals surface area (Å²) < 4.78 is 1.12. The van der Waals surface area contributed by atoms with E-state index in [4.69, 9.17) is 0 Å². The largest absolute Gasteiger partial charge is 0.249 e. The lowest BCUT2D eigenvalue weighted by molar-refractivity contribution is 1.17. The molecular weight excluding hydrogens is 318 g/mol. The number of hydrogen-bond acceptors (Lipinski definition) is 2. The number of pyridine rings is 1. The molecule has 3 rings (SSSR count). The molecule has 0 fully saturated rings. The molecular formula is C16H12BrNS. The number of nitrogens with zero attached hydrogens (tertiary/aromatic N) is 1. The van der Waals surface area contributed by atoms with Gasteiger partial charge in [0.2, 0.25) is 0 Å². The highest BCUT2D eigenvalue weighted by molar-refractivity contribution is 9.10. The van der Waals surface area contributed by atoms with Crippen molar-refractivity contribution in [1.82, 2.24) is 4.98 Å². The second-order valence-corrected chi connectivity index (χ2v) is 6.04. The predicted molar refractivity (Wildman–Crippen MR) is 85.4 cm³/mol. The molecule has 1 heterocycles. The minimum atomic E-state index is 0.944. The SMILES string of the molecule is Brc1cccc2c(SCc3ccccc3)nccc12. The average molecular weight is 330 g/mol. The first kappa shape index (κ1) is 12.7. The van der Waals surface area contributed by atoms with E-state index in [1.807, 2.05) is 18.3 Å². The van der Waals surface area contributed by atoms with Crippen LogP contribution in [0.15, 0.2) is 70.3 Å². The molecule has 0 radical (unpaired) electrons. The molecule has 0 saturated heterocycles. The Kier molecular flexibility index (Phi) is 3.85. The quantitative estimate of drug-likeness (QED) is 0.605. The van der Waals surface area contributed by atoms with Gasteiger partial charge in [-0.15, -0.1) is 11.8 Å². The number of benzene rings is 2. The first-order valence-corrected chi connectivity index (χ1v) is 7.82. The molecule has 0 amide bonds. The fraction of sp³-hybridized carbons (Fsp3) is 0.0625. The maximum absolute atomic E-state index is 4.51. The standard InChI is InChI=1S/C16H12BrNS/c17-15-8-4-7-14-13(15)9-10-18-16(14)19-11-12-5-2-1-3-6-12/h1-10H,11H2. The van der Waals surface area contributed by atoms with Crippen molar-refractivity contribution in [3.05, 3.63) is 70.8 Å². The van der Waals surface area contributed by atoms with E-state index in [1.54, 1.807) is 11.8 Å². The van der Waals surface area contributed by atoms with E-state index in [0.717, 1.165) is 15.3 Å². The summed E-state index contributed by atoms with van der Waals surface area (Å²) in [7, 11) is 0. The number of fused-ring (bicyclic) bond motifs is 1. The molecule has 0 bridgehead atoms. The first-order valence-electron chi connectivity index (χ1n) is 6.04. The lowest BCUT2D eigenvalue weighted by atomic mass is 10.2. The summed E-state index contributed by atoms with van der Waals surface area (Å²) in [5.41, 5.74) is 1.32. The Bertz CT molecular complexity index is 697. The molecule has 0 saturated carbocycles. The van der Waals surface area contributed by atoms with Gasteiger partial charge in [-0.1, -0.05) is 58.4 Å². The van der Waals surface area contributed by atoms with Gasteiger partial charge in [0.15, 0.2) is 0 Å². The number of rotatable bonds is 3. The van der Waals surface area contributed by atoms with Gasteiger partial charge in [-0.2, -0.15) is 0 Å². The molecule has 19 heavy (non-hydrogen) atoms. The minimum Gasteiger partial charge on any atom is -0.249 e. The van der Waals surface area contributed by atoms with Crippen LogP contribution in [0.3, 0.4) is 0 Å². The summed E-state index contributed by atoms with van der Waals surface area (Å²) in [6.45, 7) is 0. The minimum absolute atomic E-state index is 0.944. The van der Waals surface area contributed by atoms with Crippen molar-refractivity contribution in [2.75, 3.05) is 0 Å². The van der Waals surface area contributed by atoms with Gasteiger partial charge in [-0.05, 0) is 17.7 Å². The van der Waals surface area contributed by atoms with Gasteiger partial charge < -0.3 is 0 Å². The molecule has 0 unspecified atom stereocenters. The second-order valence-electron chi connectivity index (χ2n) is 4.23. The summed E-state index contributed by atoms with van der Waals surface area (Å²) in [6.07, 6.45) is 1.88. The van der Waals surface area contributed by atoms with E-state index in [0.29, 0.717) is 0 Å². The topological polar surface area (TPSA) is 12.9 Å². The molecule has 3 aromatic rings. The Hall–Kier alpha value is -1.32. The predicted octanol–water partition coefficient (Wildman–Crippen LogP) is 5.29. The Morgan fingerprint density at radius 3 is 2.58 bits per heavy atom. The van der Waals surface area contributed by atoms with Crippen molar-refractivity contribution in [2.45, 2.75) is 10.8 Å². The molecule has 1 nitrogen and oxygen atoms in total. The molecule has 0 aliphatic rings. The highest BCUT2D eigenvalue weighted by Crippen LogP contribution is 2.31. The second kappa shape index (κ2) is 5.76. The highest BCUT2D eigenvalue weighted by atomic mass is 79.9. The van der Waals surface area contributed by atoms with Crippen LogP contribution < -0.4 is 0 Å². The van der Waals surface area contributed by atoms with Crippen LogP contribution in [0.4, 0.5) is 0 Å². The van der Waals surface area contributed by atoms with E-state index in [1.165, 1.54) is 16.3 Å². The van der Waals surface area contributed by atoms with Crippen LogP contribution in [0.2, 0.25) is 0 Å². The zero-order valence-corrected chi connectivity index (χ0v) is 12.6. The number of halogens is 1. The third kappa shape index (κ3) is 2.82. The maximum atomic E-state index is 4.51. The van der Waals surface area contributed by atoms with E-state index >= 15 is 0 Å². The molecule has 0 aliphatic carbocycles. The van der Waals surface area contributed by atoms with Crippen LogP contribution in [-0.4, -0.2) is 4.98 Å². The number of thioether (sulfide) groups is 1. The van der Waals surface area contributed by atoms with Gasteiger partial charge in [0.1, 0.15) is 5.03 Å². The average Bonchev–Trinajstić information content (AvgIpc) is 2.47. The number of aromatic nitrogens is 1. The zero-order valence-electron chi connectivity index (χ0n) is 10.2. The van der Waals surface area contributed by atoms with Crippen LogP contribution in [0, 0.1) is 0 Å². The fourth-order valence-corrected chi connectivity index (χ4v) is 3.45. The van der Waals surface area contributed by atoms with Crippen molar-refractivity contribution < 1.29 is 0 Å². The van der Waals surface area contributed by atoms with Gasteiger partial charge in [-0.25, -0.2) is 4.98 Å². The Balaban J connectivity index is 1.91.